The molecule has 1 rings (SSSR count). The Bertz CT molecular complexity index is 408. The van der Waals surface area contributed by atoms with E-state index >= 15 is 0 Å². The summed E-state index contributed by atoms with van der Waals surface area (Å²) in [7, 11) is 1.68. The van der Waals surface area contributed by atoms with Crippen LogP contribution in [0.15, 0.2) is 24.3 Å². The second-order valence-corrected chi connectivity index (χ2v) is 5.18. The molecule has 3 N–H and O–H groups in total. The zero-order valence-corrected chi connectivity index (χ0v) is 12.5. The lowest BCUT2D eigenvalue weighted by molar-refractivity contribution is 0.0922. The monoisotopic (exact) mass is 286 g/mol. The lowest BCUT2D eigenvalue weighted by atomic mass is 9.89. The molecule has 0 aromatic heterocycles. The van der Waals surface area contributed by atoms with Gasteiger partial charge in [-0.1, -0.05) is 26.0 Å². The van der Waals surface area contributed by atoms with Crippen LogP contribution >= 0.6 is 12.4 Å². The highest BCUT2D eigenvalue weighted by atomic mass is 35.5. The maximum absolute atomic E-state index is 12.0. The number of hydrogen-bond donors (Lipinski definition) is 2. The minimum atomic E-state index is -0.126. The summed E-state index contributed by atoms with van der Waals surface area (Å²) in [5.74, 6) is -0.126. The van der Waals surface area contributed by atoms with E-state index in [1.54, 1.807) is 25.3 Å². The Morgan fingerprint density at radius 3 is 2.58 bits per heavy atom. The minimum absolute atomic E-state index is 0. The fourth-order valence-electron chi connectivity index (χ4n) is 1.59. The van der Waals surface area contributed by atoms with Gasteiger partial charge in [0.15, 0.2) is 0 Å². The smallest absolute Gasteiger partial charge is 0.253 e. The SMILES string of the molecule is COCCC(C)(C)CNC(=O)c1ccccc1N.Cl. The molecular formula is C14H23ClN2O2. The summed E-state index contributed by atoms with van der Waals surface area (Å²) >= 11 is 0. The summed E-state index contributed by atoms with van der Waals surface area (Å²) in [5.41, 5.74) is 6.80. The summed E-state index contributed by atoms with van der Waals surface area (Å²) < 4.78 is 5.06. The quantitative estimate of drug-likeness (QED) is 0.790. The van der Waals surface area contributed by atoms with Crippen LogP contribution in [-0.4, -0.2) is 26.2 Å². The summed E-state index contributed by atoms with van der Waals surface area (Å²) in [6.45, 7) is 5.49. The predicted octanol–water partition coefficient (Wildman–Crippen LogP) is 2.48. The molecule has 4 nitrogen and oxygen atoms in total. The average Bonchev–Trinajstić information content (AvgIpc) is 2.34. The average molecular weight is 287 g/mol. The van der Waals surface area contributed by atoms with Gasteiger partial charge in [0.2, 0.25) is 0 Å². The summed E-state index contributed by atoms with van der Waals surface area (Å²) in [4.78, 5) is 12.0. The first kappa shape index (κ1) is 17.7. The van der Waals surface area contributed by atoms with Crippen molar-refractivity contribution in [3.05, 3.63) is 29.8 Å². The van der Waals surface area contributed by atoms with Gasteiger partial charge in [0.05, 0.1) is 5.56 Å². The van der Waals surface area contributed by atoms with E-state index in [9.17, 15) is 4.79 Å². The molecule has 5 heteroatoms. The number of amides is 1. The Balaban J connectivity index is 0.00000324. The Kier molecular flexibility index (Phi) is 7.49. The molecule has 19 heavy (non-hydrogen) atoms. The number of nitrogens with two attached hydrogens (primary N) is 1. The van der Waals surface area contributed by atoms with Crippen molar-refractivity contribution >= 4 is 24.0 Å². The lowest BCUT2D eigenvalue weighted by Crippen LogP contribution is -2.35. The van der Waals surface area contributed by atoms with E-state index in [1.807, 2.05) is 6.07 Å². The van der Waals surface area contributed by atoms with Gasteiger partial charge in [-0.25, -0.2) is 0 Å². The molecule has 0 bridgehead atoms. The van der Waals surface area contributed by atoms with Gasteiger partial charge in [-0.15, -0.1) is 12.4 Å². The van der Waals surface area contributed by atoms with Gasteiger partial charge in [-0.2, -0.15) is 0 Å². The van der Waals surface area contributed by atoms with Gasteiger partial charge in [-0.3, -0.25) is 4.79 Å². The van der Waals surface area contributed by atoms with Crippen LogP contribution in [0.3, 0.4) is 0 Å². The third-order valence-corrected chi connectivity index (χ3v) is 2.92. The Morgan fingerprint density at radius 2 is 2.00 bits per heavy atom. The Hall–Kier alpha value is -1.26. The molecule has 0 atom stereocenters. The van der Waals surface area contributed by atoms with Crippen molar-refractivity contribution in [2.75, 3.05) is 26.0 Å². The van der Waals surface area contributed by atoms with Gasteiger partial charge >= 0.3 is 0 Å². The standard InChI is InChI=1S/C14H22N2O2.ClH/c1-14(2,8-9-18-3)10-16-13(17)11-6-4-5-7-12(11)15;/h4-7H,8-10,15H2,1-3H3,(H,16,17);1H. The van der Waals surface area contributed by atoms with Gasteiger partial charge < -0.3 is 15.8 Å². The van der Waals surface area contributed by atoms with Crippen LogP contribution in [-0.2, 0) is 4.74 Å². The van der Waals surface area contributed by atoms with Crippen LogP contribution < -0.4 is 11.1 Å². The highest BCUT2D eigenvalue weighted by Gasteiger charge is 2.19. The van der Waals surface area contributed by atoms with Crippen LogP contribution in [0.1, 0.15) is 30.6 Å². The molecule has 0 radical (unpaired) electrons. The number of carbonyl (C=O) groups excluding carboxylic acids is 1. The maximum atomic E-state index is 12.0. The molecule has 1 amide bonds. The molecule has 0 saturated carbocycles. The fourth-order valence-corrected chi connectivity index (χ4v) is 1.59. The van der Waals surface area contributed by atoms with Crippen molar-refractivity contribution in [2.45, 2.75) is 20.3 Å². The van der Waals surface area contributed by atoms with Gasteiger partial charge in [-0.05, 0) is 24.0 Å². The first-order valence-electron chi connectivity index (χ1n) is 6.08. The maximum Gasteiger partial charge on any atom is 0.253 e. The molecular weight excluding hydrogens is 264 g/mol. The van der Waals surface area contributed by atoms with Crippen molar-refractivity contribution in [1.82, 2.24) is 5.32 Å². The molecule has 0 aliphatic carbocycles. The fraction of sp³-hybridized carbons (Fsp3) is 0.500. The number of hydrogen-bond acceptors (Lipinski definition) is 3. The molecule has 0 spiro atoms. The van der Waals surface area contributed by atoms with Crippen molar-refractivity contribution < 1.29 is 9.53 Å². The van der Waals surface area contributed by atoms with Crippen LogP contribution in [0.5, 0.6) is 0 Å². The first-order valence-corrected chi connectivity index (χ1v) is 6.08. The summed E-state index contributed by atoms with van der Waals surface area (Å²) in [6, 6.07) is 7.08. The number of halogens is 1. The molecule has 0 fully saturated rings. The van der Waals surface area contributed by atoms with Crippen molar-refractivity contribution in [1.29, 1.82) is 0 Å². The number of ether oxygens (including phenoxy) is 1. The van der Waals surface area contributed by atoms with E-state index in [0.717, 1.165) is 6.42 Å². The number of nitrogen functional groups attached to an aromatic ring is 1. The molecule has 0 saturated heterocycles. The van der Waals surface area contributed by atoms with Crippen LogP contribution in [0.2, 0.25) is 0 Å². The zero-order valence-electron chi connectivity index (χ0n) is 11.7. The van der Waals surface area contributed by atoms with E-state index in [-0.39, 0.29) is 23.7 Å². The predicted molar refractivity (Wildman–Crippen MR) is 80.7 cm³/mol. The zero-order chi connectivity index (χ0) is 13.6. The number of anilines is 1. The molecule has 1 aromatic carbocycles. The van der Waals surface area contributed by atoms with Crippen molar-refractivity contribution in [3.63, 3.8) is 0 Å². The number of para-hydroxylation sites is 1. The van der Waals surface area contributed by atoms with Crippen molar-refractivity contribution in [2.24, 2.45) is 5.41 Å². The van der Waals surface area contributed by atoms with E-state index in [0.29, 0.717) is 24.4 Å². The number of benzene rings is 1. The van der Waals surface area contributed by atoms with E-state index in [2.05, 4.69) is 19.2 Å². The minimum Gasteiger partial charge on any atom is -0.398 e. The van der Waals surface area contributed by atoms with E-state index < -0.39 is 0 Å². The second-order valence-electron chi connectivity index (χ2n) is 5.18. The normalized spacial score (nSPS) is 10.7. The summed E-state index contributed by atoms with van der Waals surface area (Å²) in [5, 5.41) is 2.91. The van der Waals surface area contributed by atoms with Crippen LogP contribution in [0.25, 0.3) is 0 Å². The lowest BCUT2D eigenvalue weighted by Gasteiger charge is -2.24. The molecule has 0 heterocycles. The van der Waals surface area contributed by atoms with Gasteiger partial charge in [0, 0.05) is 25.9 Å². The topological polar surface area (TPSA) is 64.3 Å². The van der Waals surface area contributed by atoms with E-state index in [4.69, 9.17) is 10.5 Å². The Morgan fingerprint density at radius 1 is 1.37 bits per heavy atom. The largest absolute Gasteiger partial charge is 0.398 e. The molecule has 0 aliphatic heterocycles. The third-order valence-electron chi connectivity index (χ3n) is 2.92. The molecule has 0 aliphatic rings. The summed E-state index contributed by atoms with van der Waals surface area (Å²) in [6.07, 6.45) is 0.897. The van der Waals surface area contributed by atoms with Crippen LogP contribution in [0.4, 0.5) is 5.69 Å². The van der Waals surface area contributed by atoms with Gasteiger partial charge in [0.1, 0.15) is 0 Å². The Labute approximate surface area is 121 Å². The molecule has 1 aromatic rings. The third kappa shape index (κ3) is 5.94. The highest BCUT2D eigenvalue weighted by Crippen LogP contribution is 2.19. The van der Waals surface area contributed by atoms with Crippen LogP contribution in [0, 0.1) is 5.41 Å². The first-order chi connectivity index (χ1) is 8.46. The molecule has 108 valence electrons. The number of carbonyl (C=O) groups is 1. The molecule has 0 unspecified atom stereocenters. The van der Waals surface area contributed by atoms with E-state index in [1.165, 1.54) is 0 Å². The number of methoxy groups -OCH3 is 1. The number of nitrogens with one attached hydrogen (secondary N) is 1. The van der Waals surface area contributed by atoms with Crippen molar-refractivity contribution in [3.8, 4) is 0 Å². The number of rotatable bonds is 6. The van der Waals surface area contributed by atoms with Gasteiger partial charge in [0.25, 0.3) is 5.91 Å². The highest BCUT2D eigenvalue weighted by molar-refractivity contribution is 5.99. The second kappa shape index (κ2) is 8.02.